The van der Waals surface area contributed by atoms with Crippen LogP contribution in [0, 0.1) is 11.8 Å². The van der Waals surface area contributed by atoms with Gasteiger partial charge < -0.3 is 10.4 Å². The zero-order valence-electron chi connectivity index (χ0n) is 12.1. The Labute approximate surface area is 120 Å². The van der Waals surface area contributed by atoms with E-state index in [1.165, 1.54) is 19.3 Å². The van der Waals surface area contributed by atoms with Gasteiger partial charge in [-0.1, -0.05) is 25.8 Å². The molecule has 0 bridgehead atoms. The van der Waals surface area contributed by atoms with Crippen LogP contribution in [0.1, 0.15) is 39.0 Å². The third kappa shape index (κ3) is 3.60. The number of allylic oxidation sites excluding steroid dienone is 1. The van der Waals surface area contributed by atoms with Crippen LogP contribution >= 0.6 is 0 Å². The van der Waals surface area contributed by atoms with Crippen molar-refractivity contribution in [3.05, 3.63) is 12.3 Å². The van der Waals surface area contributed by atoms with E-state index in [1.807, 2.05) is 4.90 Å². The van der Waals surface area contributed by atoms with E-state index in [9.17, 15) is 9.59 Å². The van der Waals surface area contributed by atoms with E-state index in [2.05, 4.69) is 11.9 Å². The molecule has 20 heavy (non-hydrogen) atoms. The van der Waals surface area contributed by atoms with E-state index in [4.69, 9.17) is 5.11 Å². The summed E-state index contributed by atoms with van der Waals surface area (Å²) in [7, 11) is 0. The Kier molecular flexibility index (Phi) is 4.81. The second-order valence-corrected chi connectivity index (χ2v) is 6.15. The highest BCUT2D eigenvalue weighted by Gasteiger charge is 2.40. The molecule has 1 amide bonds. The van der Waals surface area contributed by atoms with Crippen molar-refractivity contribution in [3.8, 4) is 0 Å². The van der Waals surface area contributed by atoms with Crippen molar-refractivity contribution < 1.29 is 14.7 Å². The largest absolute Gasteiger partial charge is 0.480 e. The molecule has 2 fully saturated rings. The molecule has 0 radical (unpaired) electrons. The van der Waals surface area contributed by atoms with Crippen molar-refractivity contribution in [3.63, 3.8) is 0 Å². The van der Waals surface area contributed by atoms with Crippen molar-refractivity contribution in [2.75, 3.05) is 13.1 Å². The number of hydrogen-bond donors (Lipinski definition) is 2. The van der Waals surface area contributed by atoms with E-state index >= 15 is 0 Å². The maximum absolute atomic E-state index is 12.3. The number of rotatable bonds is 4. The van der Waals surface area contributed by atoms with Crippen LogP contribution in [0.3, 0.4) is 0 Å². The second kappa shape index (κ2) is 6.39. The van der Waals surface area contributed by atoms with Crippen molar-refractivity contribution in [1.82, 2.24) is 10.2 Å². The molecule has 5 heteroatoms. The molecule has 112 valence electrons. The average molecular weight is 280 g/mol. The smallest absolute Gasteiger partial charge is 0.317 e. The molecule has 5 nitrogen and oxygen atoms in total. The summed E-state index contributed by atoms with van der Waals surface area (Å²) in [6, 6.07) is -0.331. The molecular formula is C15H24N2O3. The van der Waals surface area contributed by atoms with E-state index in [1.54, 1.807) is 6.92 Å². The highest BCUT2D eigenvalue weighted by atomic mass is 16.4. The molecule has 0 spiro atoms. The van der Waals surface area contributed by atoms with Crippen LogP contribution in [-0.2, 0) is 9.59 Å². The number of carbonyl (C=O) groups excluding carboxylic acids is 1. The summed E-state index contributed by atoms with van der Waals surface area (Å²) in [5, 5.41) is 11.8. The molecule has 1 saturated carbocycles. The van der Waals surface area contributed by atoms with Gasteiger partial charge in [-0.15, -0.1) is 0 Å². The third-order valence-corrected chi connectivity index (χ3v) is 4.48. The van der Waals surface area contributed by atoms with Crippen LogP contribution in [0.4, 0.5) is 0 Å². The number of amides is 1. The summed E-state index contributed by atoms with van der Waals surface area (Å²) < 4.78 is 0. The highest BCUT2D eigenvalue weighted by molar-refractivity contribution is 5.84. The lowest BCUT2D eigenvalue weighted by atomic mass is 9.72. The van der Waals surface area contributed by atoms with E-state index in [-0.39, 0.29) is 18.5 Å². The molecule has 0 aromatic carbocycles. The van der Waals surface area contributed by atoms with Gasteiger partial charge in [-0.2, -0.15) is 0 Å². The monoisotopic (exact) mass is 280 g/mol. The fraction of sp³-hybridized carbons (Fsp3) is 0.733. The molecule has 0 aromatic rings. The Balaban J connectivity index is 2.09. The van der Waals surface area contributed by atoms with Crippen LogP contribution in [0.5, 0.6) is 0 Å². The number of aliphatic carboxylic acids is 1. The van der Waals surface area contributed by atoms with Gasteiger partial charge in [-0.3, -0.25) is 14.5 Å². The fourth-order valence-corrected chi connectivity index (χ4v) is 3.61. The van der Waals surface area contributed by atoms with Crippen molar-refractivity contribution in [1.29, 1.82) is 0 Å². The molecule has 2 N–H and O–H groups in total. The first-order valence-electron chi connectivity index (χ1n) is 7.39. The van der Waals surface area contributed by atoms with E-state index in [0.29, 0.717) is 17.5 Å². The Hall–Kier alpha value is -1.36. The number of carbonyl (C=O) groups is 2. The van der Waals surface area contributed by atoms with Gasteiger partial charge in [0.15, 0.2) is 0 Å². The predicted molar refractivity (Wildman–Crippen MR) is 76.0 cm³/mol. The Morgan fingerprint density at radius 2 is 1.95 bits per heavy atom. The third-order valence-electron chi connectivity index (χ3n) is 4.48. The minimum atomic E-state index is -0.868. The minimum Gasteiger partial charge on any atom is -0.480 e. The summed E-state index contributed by atoms with van der Waals surface area (Å²) in [5.41, 5.74) is 0.607. The van der Waals surface area contributed by atoms with Crippen molar-refractivity contribution >= 4 is 11.9 Å². The summed E-state index contributed by atoms with van der Waals surface area (Å²) in [6.45, 7) is 6.10. The normalized spacial score (nSPS) is 30.4. The summed E-state index contributed by atoms with van der Waals surface area (Å²) in [5.74, 6) is 0.141. The van der Waals surface area contributed by atoms with Gasteiger partial charge in [0.05, 0.1) is 12.6 Å². The van der Waals surface area contributed by atoms with Crippen LogP contribution in [0.15, 0.2) is 12.3 Å². The van der Waals surface area contributed by atoms with Gasteiger partial charge in [0.25, 0.3) is 0 Å². The van der Waals surface area contributed by atoms with Crippen LogP contribution in [0.2, 0.25) is 0 Å². The summed E-state index contributed by atoms with van der Waals surface area (Å²) >= 11 is 0. The molecule has 0 aromatic heterocycles. The van der Waals surface area contributed by atoms with Crippen LogP contribution < -0.4 is 5.32 Å². The van der Waals surface area contributed by atoms with E-state index < -0.39 is 5.97 Å². The number of nitrogens with one attached hydrogen (secondary N) is 1. The molecule has 1 aliphatic heterocycles. The minimum absolute atomic E-state index is 0.0580. The number of fused-ring (bicyclic) bond motifs is 1. The van der Waals surface area contributed by atoms with Gasteiger partial charge in [-0.25, -0.2) is 0 Å². The maximum atomic E-state index is 12.3. The molecular weight excluding hydrogens is 256 g/mol. The van der Waals surface area contributed by atoms with Crippen molar-refractivity contribution in [2.45, 2.75) is 45.1 Å². The van der Waals surface area contributed by atoms with Gasteiger partial charge in [-0.05, 0) is 31.6 Å². The van der Waals surface area contributed by atoms with Gasteiger partial charge in [0.1, 0.15) is 0 Å². The zero-order valence-corrected chi connectivity index (χ0v) is 12.1. The molecule has 2 rings (SSSR count). The average Bonchev–Trinajstić information content (AvgIpc) is 2.36. The number of carboxylic acid groups (broad SMARTS) is 1. The first kappa shape index (κ1) is 15.0. The van der Waals surface area contributed by atoms with Gasteiger partial charge >= 0.3 is 5.97 Å². The lowest BCUT2D eigenvalue weighted by molar-refractivity contribution is -0.142. The van der Waals surface area contributed by atoms with Gasteiger partial charge in [0, 0.05) is 12.2 Å². The number of hydrogen-bond acceptors (Lipinski definition) is 3. The van der Waals surface area contributed by atoms with E-state index in [0.717, 1.165) is 19.4 Å². The lowest BCUT2D eigenvalue weighted by Gasteiger charge is -2.44. The van der Waals surface area contributed by atoms with Crippen molar-refractivity contribution in [2.24, 2.45) is 11.8 Å². The Bertz CT molecular complexity index is 408. The number of piperidine rings is 1. The molecule has 1 heterocycles. The van der Waals surface area contributed by atoms with Crippen LogP contribution in [-0.4, -0.2) is 41.0 Å². The molecule has 3 unspecified atom stereocenters. The number of nitrogens with zero attached hydrogens (tertiary/aromatic N) is 1. The quantitative estimate of drug-likeness (QED) is 0.820. The predicted octanol–water partition coefficient (Wildman–Crippen LogP) is 1.60. The number of likely N-dealkylation sites (tertiary alicyclic amines) is 1. The number of carboxylic acids is 1. The molecule has 3 atom stereocenters. The Morgan fingerprint density at radius 1 is 1.30 bits per heavy atom. The van der Waals surface area contributed by atoms with Crippen LogP contribution in [0.25, 0.3) is 0 Å². The molecule has 1 saturated heterocycles. The fourth-order valence-electron chi connectivity index (χ4n) is 3.61. The first-order valence-corrected chi connectivity index (χ1v) is 7.39. The maximum Gasteiger partial charge on any atom is 0.317 e. The Morgan fingerprint density at radius 3 is 2.55 bits per heavy atom. The topological polar surface area (TPSA) is 69.6 Å². The van der Waals surface area contributed by atoms with Gasteiger partial charge in [0.2, 0.25) is 5.91 Å². The molecule has 2 aliphatic rings. The summed E-state index contributed by atoms with van der Waals surface area (Å²) in [6.07, 6.45) is 5.56. The SMILES string of the molecule is C=C(C)NC(=O)C1CC2CCCCC2CN1CC(=O)O. The highest BCUT2D eigenvalue weighted by Crippen LogP contribution is 2.38. The lowest BCUT2D eigenvalue weighted by Crippen LogP contribution is -2.55. The standard InChI is InChI=1S/C15H24N2O3/c1-10(2)16-15(20)13-7-11-5-3-4-6-12(11)8-17(13)9-14(18)19/h11-13H,1,3-9H2,2H3,(H,16,20)(H,18,19). The summed E-state index contributed by atoms with van der Waals surface area (Å²) in [4.78, 5) is 25.1. The second-order valence-electron chi connectivity index (χ2n) is 6.15. The zero-order chi connectivity index (χ0) is 14.7. The molecule has 1 aliphatic carbocycles. The first-order chi connectivity index (χ1) is 9.47.